The molecule has 0 aromatic rings. The SMILES string of the molecule is O=[N+]([O-])[O][In]1[O][N+](=O)[O]1. The molecule has 0 saturated carbocycles. The number of nitrogens with zero attached hydrogens (tertiary/aromatic N) is 2. The molecular weight excluding hydrogens is 239 g/mol. The summed E-state index contributed by atoms with van der Waals surface area (Å²) in [5.41, 5.74) is 0. The molecule has 1 aliphatic rings. The van der Waals surface area contributed by atoms with E-state index in [0.29, 0.717) is 0 Å². The molecule has 48 valence electrons. The molecule has 0 bridgehead atoms. The first-order valence-corrected chi connectivity index (χ1v) is 5.84. The molecule has 0 unspecified atom stereocenters. The van der Waals surface area contributed by atoms with Gasteiger partial charge in [0.25, 0.3) is 0 Å². The summed E-state index contributed by atoms with van der Waals surface area (Å²) >= 11 is -3.32. The van der Waals surface area contributed by atoms with Crippen molar-refractivity contribution in [1.29, 1.82) is 0 Å². The average Bonchev–Trinajstić information content (AvgIpc) is 1.60. The first-order valence-electron chi connectivity index (χ1n) is 1.80. The van der Waals surface area contributed by atoms with Gasteiger partial charge in [0.2, 0.25) is 0 Å². The van der Waals surface area contributed by atoms with Crippen LogP contribution < -0.4 is 0 Å². The molecule has 1 heterocycles. The van der Waals surface area contributed by atoms with Gasteiger partial charge in [0.05, 0.1) is 0 Å². The third-order valence-corrected chi connectivity index (χ3v) is 3.46. The third kappa shape index (κ3) is 1.59. The van der Waals surface area contributed by atoms with Gasteiger partial charge in [-0.3, -0.25) is 0 Å². The summed E-state index contributed by atoms with van der Waals surface area (Å²) in [6.45, 7) is 0. The molecule has 0 atom stereocenters. The van der Waals surface area contributed by atoms with Crippen LogP contribution in [0.2, 0.25) is 0 Å². The van der Waals surface area contributed by atoms with Crippen LogP contribution >= 0.6 is 0 Å². The summed E-state index contributed by atoms with van der Waals surface area (Å²) in [5, 5.41) is 8.23. The summed E-state index contributed by atoms with van der Waals surface area (Å²) in [6, 6.07) is 0. The van der Waals surface area contributed by atoms with Gasteiger partial charge in [0.15, 0.2) is 0 Å². The monoisotopic (exact) mass is 239 g/mol. The van der Waals surface area contributed by atoms with Gasteiger partial charge in [-0.25, -0.2) is 0 Å². The molecule has 9 heteroatoms. The first kappa shape index (κ1) is 6.39. The van der Waals surface area contributed by atoms with E-state index < -0.39 is 27.8 Å². The van der Waals surface area contributed by atoms with Gasteiger partial charge in [-0.15, -0.1) is 0 Å². The zero-order valence-electron chi connectivity index (χ0n) is 3.92. The van der Waals surface area contributed by atoms with Gasteiger partial charge in [-0.2, -0.15) is 0 Å². The Hall–Kier alpha value is -0.730. The Kier molecular flexibility index (Phi) is 1.60. The molecule has 9 heavy (non-hydrogen) atoms. The third-order valence-electron chi connectivity index (χ3n) is 0.516. The van der Waals surface area contributed by atoms with Gasteiger partial charge in [0, 0.05) is 0 Å². The topological polar surface area (TPSA) is 90.9 Å². The normalized spacial score (nSPS) is 15.1. The fraction of sp³-hybridized carbons (Fsp3) is 0. The molecule has 1 fully saturated rings. The molecule has 0 amide bonds. The molecule has 0 N–H and O–H groups in total. The van der Waals surface area contributed by atoms with Crippen molar-refractivity contribution in [2.45, 2.75) is 0 Å². The van der Waals surface area contributed by atoms with Crippen molar-refractivity contribution in [2.75, 3.05) is 0 Å². The zero-order valence-corrected chi connectivity index (χ0v) is 7.22. The van der Waals surface area contributed by atoms with Gasteiger partial charge in [-0.1, -0.05) is 0 Å². The quantitative estimate of drug-likeness (QED) is 0.445. The molecule has 1 rings (SSSR count). The van der Waals surface area contributed by atoms with Crippen LogP contribution in [0.1, 0.15) is 0 Å². The van der Waals surface area contributed by atoms with Crippen molar-refractivity contribution in [2.24, 2.45) is 0 Å². The molecule has 1 saturated heterocycles. The van der Waals surface area contributed by atoms with E-state index in [1.807, 2.05) is 0 Å². The number of hydrogen-bond donors (Lipinski definition) is 0. The molecule has 1 aliphatic heterocycles. The Balaban J connectivity index is 2.18. The Morgan fingerprint density at radius 2 is 2.22 bits per heavy atom. The molecule has 0 aliphatic carbocycles. The maximum absolute atomic E-state index is 9.71. The second kappa shape index (κ2) is 2.25. The van der Waals surface area contributed by atoms with Crippen LogP contribution in [0.3, 0.4) is 0 Å². The minimum absolute atomic E-state index is 0.204. The Bertz CT molecular complexity index is 145. The second-order valence-corrected chi connectivity index (χ2v) is 4.51. The van der Waals surface area contributed by atoms with E-state index >= 15 is 0 Å². The molecule has 8 nitrogen and oxygen atoms in total. The van der Waals surface area contributed by atoms with E-state index in [1.165, 1.54) is 0 Å². The average molecular weight is 239 g/mol. The molecule has 0 aromatic carbocycles. The van der Waals surface area contributed by atoms with E-state index in [1.54, 1.807) is 0 Å². The molecule has 0 spiro atoms. The van der Waals surface area contributed by atoms with Crippen molar-refractivity contribution in [1.82, 2.24) is 0 Å². The zero-order chi connectivity index (χ0) is 6.85. The van der Waals surface area contributed by atoms with E-state index in [0.717, 1.165) is 0 Å². The molecular formula is InN2O6+. The predicted octanol–water partition coefficient (Wildman–Crippen LogP) is -1.16. The summed E-state index contributed by atoms with van der Waals surface area (Å²) < 4.78 is 11.9. The van der Waals surface area contributed by atoms with Crippen molar-refractivity contribution >= 4 is 22.7 Å². The summed E-state index contributed by atoms with van der Waals surface area (Å²) in [6.07, 6.45) is 0. The predicted molar refractivity (Wildman–Crippen MR) is 19.6 cm³/mol. The van der Waals surface area contributed by atoms with Crippen molar-refractivity contribution in [3.8, 4) is 0 Å². The second-order valence-electron chi connectivity index (χ2n) is 1.05. The van der Waals surface area contributed by atoms with E-state index in [2.05, 4.69) is 8.87 Å². The van der Waals surface area contributed by atoms with Gasteiger partial charge in [0.1, 0.15) is 0 Å². The van der Waals surface area contributed by atoms with Crippen molar-refractivity contribution in [3.05, 3.63) is 15.0 Å². The van der Waals surface area contributed by atoms with Crippen LogP contribution in [0, 0.1) is 15.0 Å². The van der Waals surface area contributed by atoms with Gasteiger partial charge >= 0.3 is 56.8 Å². The minimum atomic E-state index is -3.32. The van der Waals surface area contributed by atoms with Crippen LogP contribution in [-0.2, 0) is 8.87 Å². The molecule has 0 aromatic heterocycles. The summed E-state index contributed by atoms with van der Waals surface area (Å²) in [4.78, 5) is 19.2. The fourth-order valence-corrected chi connectivity index (χ4v) is 1.73. The van der Waals surface area contributed by atoms with Gasteiger partial charge in [-0.05, 0) is 0 Å². The van der Waals surface area contributed by atoms with Crippen LogP contribution in [-0.4, -0.2) is 32.9 Å². The van der Waals surface area contributed by atoms with E-state index in [4.69, 9.17) is 0 Å². The standard InChI is InChI=1S/In.2NO3/c;2*2-1(3)4/q+3;2*-1. The first-order chi connectivity index (χ1) is 4.18. The van der Waals surface area contributed by atoms with Crippen LogP contribution in [0.25, 0.3) is 0 Å². The fourth-order valence-electron chi connectivity index (χ4n) is 0.257. The van der Waals surface area contributed by atoms with E-state index in [9.17, 15) is 15.0 Å². The summed E-state index contributed by atoms with van der Waals surface area (Å²) in [7, 11) is 0. The Labute approximate surface area is 57.2 Å². The Morgan fingerprint density at radius 1 is 1.67 bits per heavy atom. The Morgan fingerprint density at radius 3 is 2.56 bits per heavy atom. The van der Waals surface area contributed by atoms with Crippen LogP contribution in [0.5, 0.6) is 0 Å². The molecule has 0 radical (unpaired) electrons. The van der Waals surface area contributed by atoms with Crippen LogP contribution in [0.15, 0.2) is 0 Å². The summed E-state index contributed by atoms with van der Waals surface area (Å²) in [5.74, 6) is 0. The van der Waals surface area contributed by atoms with Crippen LogP contribution in [0.4, 0.5) is 0 Å². The van der Waals surface area contributed by atoms with Crippen molar-refractivity contribution < 1.29 is 19.0 Å². The van der Waals surface area contributed by atoms with E-state index in [-0.39, 0.29) is 5.09 Å². The van der Waals surface area contributed by atoms with Gasteiger partial charge < -0.3 is 0 Å². The maximum atomic E-state index is 9.71. The number of hydrogen-bond acceptors (Lipinski definition) is 6. The van der Waals surface area contributed by atoms with Crippen molar-refractivity contribution in [3.63, 3.8) is 0 Å². The number of rotatable bonds is 2.